The number of ether oxygens (including phenoxy) is 2. The Morgan fingerprint density at radius 3 is 2.68 bits per heavy atom. The predicted octanol–water partition coefficient (Wildman–Crippen LogP) is 0.895. The van der Waals surface area contributed by atoms with Gasteiger partial charge >= 0.3 is 11.6 Å². The van der Waals surface area contributed by atoms with Crippen LogP contribution in [0.15, 0.2) is 27.8 Å². The number of nitrogens with zero attached hydrogens (tertiary/aromatic N) is 4. The number of aryl methyl sites for hydroxylation is 2. The fraction of sp³-hybridized carbons (Fsp3) is 0.421. The Morgan fingerprint density at radius 2 is 2.00 bits per heavy atom. The van der Waals surface area contributed by atoms with Crippen LogP contribution in [-0.2, 0) is 20.1 Å². The van der Waals surface area contributed by atoms with Crippen molar-refractivity contribution in [3.05, 3.63) is 39.0 Å². The summed E-state index contributed by atoms with van der Waals surface area (Å²) in [5.41, 5.74) is 1.30. The first kappa shape index (κ1) is 18.1. The zero-order valence-electron chi connectivity index (χ0n) is 16.5. The first-order valence-electron chi connectivity index (χ1n) is 9.26. The van der Waals surface area contributed by atoms with E-state index in [1.165, 1.54) is 9.13 Å². The van der Waals surface area contributed by atoms with Gasteiger partial charge in [-0.25, -0.2) is 19.2 Å². The highest BCUT2D eigenvalue weighted by atomic mass is 16.5. The van der Waals surface area contributed by atoms with E-state index < -0.39 is 0 Å². The summed E-state index contributed by atoms with van der Waals surface area (Å²) in [6, 6.07) is 5.64. The van der Waals surface area contributed by atoms with Crippen molar-refractivity contribution in [1.29, 1.82) is 0 Å². The second-order valence-electron chi connectivity index (χ2n) is 6.73. The summed E-state index contributed by atoms with van der Waals surface area (Å²) in [4.78, 5) is 30.9. The van der Waals surface area contributed by atoms with Crippen molar-refractivity contribution in [1.82, 2.24) is 14.1 Å². The zero-order valence-corrected chi connectivity index (χ0v) is 16.5. The van der Waals surface area contributed by atoms with Crippen molar-refractivity contribution in [2.45, 2.75) is 26.4 Å². The Hall–Kier alpha value is -3.23. The number of methoxy groups -OCH3 is 2. The van der Waals surface area contributed by atoms with E-state index in [2.05, 4.69) is 9.88 Å². The molecule has 1 N–H and O–H groups in total. The lowest BCUT2D eigenvalue weighted by Gasteiger charge is -2.23. The lowest BCUT2D eigenvalue weighted by Crippen LogP contribution is -2.49. The number of benzene rings is 1. The lowest BCUT2D eigenvalue weighted by atomic mass is 10.2. The first-order valence-corrected chi connectivity index (χ1v) is 9.26. The molecule has 4 rings (SSSR count). The minimum absolute atomic E-state index is 0.272. The summed E-state index contributed by atoms with van der Waals surface area (Å²) in [6.45, 7) is 3.58. The van der Waals surface area contributed by atoms with Crippen LogP contribution in [0.25, 0.3) is 11.2 Å². The quantitative estimate of drug-likeness (QED) is 0.674. The Kier molecular flexibility index (Phi) is 4.37. The molecule has 0 saturated heterocycles. The van der Waals surface area contributed by atoms with E-state index in [0.29, 0.717) is 35.8 Å². The second kappa shape index (κ2) is 6.74. The molecule has 1 aliphatic heterocycles. The largest absolute Gasteiger partial charge is 0.497 e. The van der Waals surface area contributed by atoms with E-state index in [1.54, 1.807) is 28.2 Å². The van der Waals surface area contributed by atoms with E-state index in [0.717, 1.165) is 24.6 Å². The van der Waals surface area contributed by atoms with Crippen LogP contribution < -0.4 is 30.2 Å². The molecule has 0 fully saturated rings. The van der Waals surface area contributed by atoms with E-state index in [4.69, 9.17) is 9.47 Å². The summed E-state index contributed by atoms with van der Waals surface area (Å²) >= 11 is 0. The van der Waals surface area contributed by atoms with Crippen molar-refractivity contribution in [3.8, 4) is 11.5 Å². The summed E-state index contributed by atoms with van der Waals surface area (Å²) < 4.78 is 15.6. The highest BCUT2D eigenvalue weighted by molar-refractivity contribution is 5.72. The van der Waals surface area contributed by atoms with Crippen LogP contribution in [0.4, 0.5) is 11.6 Å². The van der Waals surface area contributed by atoms with Crippen LogP contribution in [0.2, 0.25) is 0 Å². The molecule has 148 valence electrons. The molecule has 2 aromatic heterocycles. The van der Waals surface area contributed by atoms with Gasteiger partial charge in [-0.3, -0.25) is 13.9 Å². The fourth-order valence-electron chi connectivity index (χ4n) is 3.86. The third-order valence-corrected chi connectivity index (χ3v) is 5.29. The number of aromatic nitrogens is 4. The van der Waals surface area contributed by atoms with Crippen molar-refractivity contribution >= 4 is 22.8 Å². The Morgan fingerprint density at radius 1 is 1.21 bits per heavy atom. The fourth-order valence-corrected chi connectivity index (χ4v) is 3.86. The van der Waals surface area contributed by atoms with Gasteiger partial charge in [0.15, 0.2) is 5.75 Å². The maximum absolute atomic E-state index is 13.0. The third-order valence-electron chi connectivity index (χ3n) is 5.29. The number of anilines is 2. The molecule has 0 spiro atoms. The van der Waals surface area contributed by atoms with Gasteiger partial charge in [-0.1, -0.05) is 0 Å². The standard InChI is InChI=1S/C19H23N5O4/c1-5-22-17(25)15-16(21(2)19(22)26)20-18-23(9-6-10-24(15)18)13-8-7-12(27-3)11-14(13)28-4/h7-8,11H,5-6,9-10H2,1-4H3/p+1. The third kappa shape index (κ3) is 2.49. The molecule has 0 atom stereocenters. The van der Waals surface area contributed by atoms with Crippen molar-refractivity contribution in [2.24, 2.45) is 7.05 Å². The Balaban J connectivity index is 1.98. The topological polar surface area (TPSA) is 85.4 Å². The number of H-pyrrole nitrogens is 1. The maximum Gasteiger partial charge on any atom is 0.364 e. The number of imidazole rings is 1. The molecule has 0 amide bonds. The van der Waals surface area contributed by atoms with Crippen molar-refractivity contribution in [2.75, 3.05) is 25.7 Å². The summed E-state index contributed by atoms with van der Waals surface area (Å²) in [5, 5.41) is 0. The maximum atomic E-state index is 13.0. The normalized spacial score (nSPS) is 13.6. The molecule has 0 aliphatic carbocycles. The summed E-state index contributed by atoms with van der Waals surface area (Å²) in [7, 11) is 4.91. The number of rotatable bonds is 4. The minimum atomic E-state index is -0.326. The van der Waals surface area contributed by atoms with Gasteiger partial charge < -0.3 is 9.47 Å². The van der Waals surface area contributed by atoms with Gasteiger partial charge in [-0.05, 0) is 19.1 Å². The van der Waals surface area contributed by atoms with Gasteiger partial charge in [0.25, 0.3) is 5.56 Å². The molecule has 3 aromatic rings. The molecule has 0 radical (unpaired) electrons. The van der Waals surface area contributed by atoms with E-state index in [-0.39, 0.29) is 11.2 Å². The first-order chi connectivity index (χ1) is 13.5. The molecule has 9 heteroatoms. The minimum Gasteiger partial charge on any atom is -0.497 e. The highest BCUT2D eigenvalue weighted by Crippen LogP contribution is 2.36. The van der Waals surface area contributed by atoms with Crippen LogP contribution >= 0.6 is 0 Å². The van der Waals surface area contributed by atoms with Gasteiger partial charge in [0.2, 0.25) is 11.2 Å². The zero-order chi connectivity index (χ0) is 20.0. The van der Waals surface area contributed by atoms with Gasteiger partial charge in [-0.15, -0.1) is 0 Å². The van der Waals surface area contributed by atoms with Crippen LogP contribution in [0.1, 0.15) is 13.3 Å². The monoisotopic (exact) mass is 386 g/mol. The number of hydrogen-bond acceptors (Lipinski definition) is 5. The van der Waals surface area contributed by atoms with Crippen LogP contribution in [0.3, 0.4) is 0 Å². The molecule has 0 unspecified atom stereocenters. The summed E-state index contributed by atoms with van der Waals surface area (Å²) in [5.74, 6) is 2.13. The smallest absolute Gasteiger partial charge is 0.364 e. The van der Waals surface area contributed by atoms with Gasteiger partial charge in [-0.2, -0.15) is 0 Å². The Bertz CT molecular complexity index is 1170. The molecule has 0 bridgehead atoms. The van der Waals surface area contributed by atoms with E-state index >= 15 is 0 Å². The van der Waals surface area contributed by atoms with Crippen LogP contribution in [0, 0.1) is 0 Å². The molecule has 1 aliphatic rings. The van der Waals surface area contributed by atoms with Crippen molar-refractivity contribution in [3.63, 3.8) is 0 Å². The summed E-state index contributed by atoms with van der Waals surface area (Å²) in [6.07, 6.45) is 0.855. The van der Waals surface area contributed by atoms with Gasteiger partial charge in [0.1, 0.15) is 11.4 Å². The number of hydrogen-bond donors (Lipinski definition) is 1. The van der Waals surface area contributed by atoms with E-state index in [9.17, 15) is 9.59 Å². The number of aromatic amines is 1. The molecule has 3 heterocycles. The number of nitrogens with one attached hydrogen (secondary N) is 1. The molecular formula is C19H24N5O4+. The molecule has 28 heavy (non-hydrogen) atoms. The average molecular weight is 386 g/mol. The van der Waals surface area contributed by atoms with Gasteiger partial charge in [0.05, 0.1) is 27.3 Å². The number of fused-ring (bicyclic) bond motifs is 3. The van der Waals surface area contributed by atoms with Gasteiger partial charge in [0, 0.05) is 26.1 Å². The average Bonchev–Trinajstić information content (AvgIpc) is 3.12. The van der Waals surface area contributed by atoms with Crippen LogP contribution in [0.5, 0.6) is 11.5 Å². The molecule has 0 saturated carbocycles. The van der Waals surface area contributed by atoms with Crippen molar-refractivity contribution < 1.29 is 14.0 Å². The Labute approximate surface area is 161 Å². The van der Waals surface area contributed by atoms with E-state index in [1.807, 2.05) is 22.8 Å². The van der Waals surface area contributed by atoms with Crippen LogP contribution in [-0.4, -0.2) is 34.9 Å². The molecule has 1 aromatic carbocycles. The highest BCUT2D eigenvalue weighted by Gasteiger charge is 2.34. The molecule has 9 nitrogen and oxygen atoms in total. The lowest BCUT2D eigenvalue weighted by molar-refractivity contribution is -0.663. The second-order valence-corrected chi connectivity index (χ2v) is 6.73. The predicted molar refractivity (Wildman–Crippen MR) is 105 cm³/mol. The SMILES string of the molecule is CCn1c(=O)c2c([nH]c3[n+]2CCCN3c2ccc(OC)cc2OC)n(C)c1=O. The molecular weight excluding hydrogens is 362 g/mol.